The van der Waals surface area contributed by atoms with Crippen LogP contribution in [0.1, 0.15) is 53.9 Å². The summed E-state index contributed by atoms with van der Waals surface area (Å²) in [5.74, 6) is 1.53. The van der Waals surface area contributed by atoms with Crippen LogP contribution in [0.2, 0.25) is 0 Å². The minimum atomic E-state index is -0.154. The number of aryl methyl sites for hydroxylation is 3. The molecule has 142 valence electrons. The summed E-state index contributed by atoms with van der Waals surface area (Å²) in [6, 6.07) is 5.82. The molecule has 0 aliphatic heterocycles. The molecule has 0 bridgehead atoms. The molecule has 1 amide bonds. The van der Waals surface area contributed by atoms with Gasteiger partial charge in [-0.15, -0.1) is 0 Å². The second kappa shape index (κ2) is 8.43. The molecule has 27 heavy (non-hydrogen) atoms. The maximum atomic E-state index is 12.8. The summed E-state index contributed by atoms with van der Waals surface area (Å²) in [5, 5.41) is 11.7. The zero-order valence-electron chi connectivity index (χ0n) is 16.1. The molecule has 2 unspecified atom stereocenters. The first-order valence-electron chi connectivity index (χ1n) is 9.05. The first-order chi connectivity index (χ1) is 12.9. The number of carbonyl (C=O) groups is 1. The molecule has 7 heteroatoms. The van der Waals surface area contributed by atoms with Gasteiger partial charge in [-0.25, -0.2) is 9.67 Å². The lowest BCUT2D eigenvalue weighted by Gasteiger charge is -2.21. The highest BCUT2D eigenvalue weighted by molar-refractivity contribution is 7.07. The Balaban J connectivity index is 1.74. The predicted molar refractivity (Wildman–Crippen MR) is 107 cm³/mol. The smallest absolute Gasteiger partial charge is 0.222 e. The zero-order valence-corrected chi connectivity index (χ0v) is 17.0. The lowest BCUT2D eigenvalue weighted by atomic mass is 10.0. The minimum absolute atomic E-state index is 0.0136. The van der Waals surface area contributed by atoms with Gasteiger partial charge >= 0.3 is 0 Å². The molecule has 3 heterocycles. The van der Waals surface area contributed by atoms with Crippen molar-refractivity contribution in [3.63, 3.8) is 0 Å². The van der Waals surface area contributed by atoms with Gasteiger partial charge in [0.1, 0.15) is 11.6 Å². The molecule has 0 aliphatic carbocycles. The van der Waals surface area contributed by atoms with E-state index in [-0.39, 0.29) is 18.0 Å². The van der Waals surface area contributed by atoms with Gasteiger partial charge in [-0.05, 0) is 68.1 Å². The number of nitrogens with one attached hydrogen (secondary N) is 1. The Hall–Kier alpha value is -2.54. The standard InChI is InChI=1S/C20H25N5OS/c1-13-6-5-8-21-20(13)18(11-17-7-9-27-12-17)23-19(26)10-14(2)25-16(4)22-15(3)24-25/h5-9,12,14,18H,10-11H2,1-4H3,(H,23,26). The van der Waals surface area contributed by atoms with Crippen molar-refractivity contribution in [1.29, 1.82) is 0 Å². The van der Waals surface area contributed by atoms with E-state index >= 15 is 0 Å². The van der Waals surface area contributed by atoms with E-state index in [0.29, 0.717) is 6.42 Å². The van der Waals surface area contributed by atoms with Gasteiger partial charge in [0.05, 0.1) is 17.8 Å². The van der Waals surface area contributed by atoms with Gasteiger partial charge in [-0.1, -0.05) is 6.07 Å². The molecule has 6 nitrogen and oxygen atoms in total. The number of carbonyl (C=O) groups excluding carboxylic acids is 1. The van der Waals surface area contributed by atoms with E-state index in [9.17, 15) is 4.79 Å². The zero-order chi connectivity index (χ0) is 19.4. The molecule has 0 fully saturated rings. The SMILES string of the molecule is Cc1nc(C)n(C(C)CC(=O)NC(Cc2ccsc2)c2ncccc2C)n1. The molecule has 3 aromatic heterocycles. The number of pyridine rings is 1. The van der Waals surface area contributed by atoms with Gasteiger partial charge in [0, 0.05) is 12.6 Å². The molecule has 0 aliphatic rings. The molecule has 0 aromatic carbocycles. The summed E-state index contributed by atoms with van der Waals surface area (Å²) in [6.07, 6.45) is 2.85. The molecule has 3 aromatic rings. The van der Waals surface area contributed by atoms with Crippen LogP contribution in [0.25, 0.3) is 0 Å². The molecule has 0 radical (unpaired) electrons. The maximum Gasteiger partial charge on any atom is 0.222 e. The van der Waals surface area contributed by atoms with E-state index < -0.39 is 0 Å². The van der Waals surface area contributed by atoms with E-state index in [4.69, 9.17) is 0 Å². The van der Waals surface area contributed by atoms with E-state index in [0.717, 1.165) is 29.3 Å². The molecule has 0 spiro atoms. The van der Waals surface area contributed by atoms with Crippen molar-refractivity contribution < 1.29 is 4.79 Å². The van der Waals surface area contributed by atoms with Crippen LogP contribution in [-0.2, 0) is 11.2 Å². The normalized spacial score (nSPS) is 13.3. The largest absolute Gasteiger partial charge is 0.347 e. The van der Waals surface area contributed by atoms with Gasteiger partial charge < -0.3 is 5.32 Å². The quantitative estimate of drug-likeness (QED) is 0.675. The molecule has 0 saturated heterocycles. The number of amides is 1. The average molecular weight is 384 g/mol. The highest BCUT2D eigenvalue weighted by Crippen LogP contribution is 2.22. The molecule has 1 N–H and O–H groups in total. The third-order valence-electron chi connectivity index (χ3n) is 4.54. The van der Waals surface area contributed by atoms with Gasteiger partial charge in [0.25, 0.3) is 0 Å². The number of nitrogens with zero attached hydrogens (tertiary/aromatic N) is 4. The van der Waals surface area contributed by atoms with Crippen LogP contribution >= 0.6 is 11.3 Å². The minimum Gasteiger partial charge on any atom is -0.347 e. The fraction of sp³-hybridized carbons (Fsp3) is 0.400. The third kappa shape index (κ3) is 4.80. The van der Waals surface area contributed by atoms with E-state index in [1.807, 2.05) is 44.5 Å². The first-order valence-corrected chi connectivity index (χ1v) is 10.00. The topological polar surface area (TPSA) is 72.7 Å². The van der Waals surface area contributed by atoms with Crippen molar-refractivity contribution in [2.45, 2.75) is 52.6 Å². The maximum absolute atomic E-state index is 12.8. The molecule has 2 atom stereocenters. The van der Waals surface area contributed by atoms with Crippen molar-refractivity contribution in [2.24, 2.45) is 0 Å². The lowest BCUT2D eigenvalue weighted by molar-refractivity contribution is -0.122. The van der Waals surface area contributed by atoms with E-state index in [1.54, 1.807) is 17.5 Å². The van der Waals surface area contributed by atoms with Gasteiger partial charge in [-0.3, -0.25) is 9.78 Å². The van der Waals surface area contributed by atoms with Crippen molar-refractivity contribution in [2.75, 3.05) is 0 Å². The monoisotopic (exact) mass is 383 g/mol. The molecular formula is C20H25N5OS. The summed E-state index contributed by atoms with van der Waals surface area (Å²) in [4.78, 5) is 21.6. The Bertz CT molecular complexity index is 903. The van der Waals surface area contributed by atoms with Crippen LogP contribution in [0.5, 0.6) is 0 Å². The van der Waals surface area contributed by atoms with Gasteiger partial charge in [0.2, 0.25) is 5.91 Å². The summed E-state index contributed by atoms with van der Waals surface area (Å²) in [6.45, 7) is 7.78. The van der Waals surface area contributed by atoms with Crippen molar-refractivity contribution in [3.8, 4) is 0 Å². The summed E-state index contributed by atoms with van der Waals surface area (Å²) < 4.78 is 1.81. The Kier molecular flexibility index (Phi) is 6.01. The highest BCUT2D eigenvalue weighted by atomic mass is 32.1. The Morgan fingerprint density at radius 1 is 1.30 bits per heavy atom. The highest BCUT2D eigenvalue weighted by Gasteiger charge is 2.21. The van der Waals surface area contributed by atoms with Crippen LogP contribution in [0.4, 0.5) is 0 Å². The molecular weight excluding hydrogens is 358 g/mol. The Morgan fingerprint density at radius 3 is 2.74 bits per heavy atom. The fourth-order valence-electron chi connectivity index (χ4n) is 3.28. The summed E-state index contributed by atoms with van der Waals surface area (Å²) >= 11 is 1.66. The number of hydrogen-bond acceptors (Lipinski definition) is 5. The Morgan fingerprint density at radius 2 is 2.11 bits per heavy atom. The average Bonchev–Trinajstić information content (AvgIpc) is 3.24. The molecule has 0 saturated carbocycles. The number of thiophene rings is 1. The summed E-state index contributed by atoms with van der Waals surface area (Å²) in [5.41, 5.74) is 3.19. The Labute approximate surface area is 163 Å². The fourth-order valence-corrected chi connectivity index (χ4v) is 3.97. The lowest BCUT2D eigenvalue weighted by Crippen LogP contribution is -2.32. The van der Waals surface area contributed by atoms with Crippen LogP contribution in [-0.4, -0.2) is 25.7 Å². The van der Waals surface area contributed by atoms with E-state index in [1.165, 1.54) is 5.56 Å². The van der Waals surface area contributed by atoms with E-state index in [2.05, 4.69) is 37.2 Å². The van der Waals surface area contributed by atoms with Crippen LogP contribution in [0.3, 0.4) is 0 Å². The van der Waals surface area contributed by atoms with Crippen molar-refractivity contribution in [1.82, 2.24) is 25.1 Å². The first kappa shape index (κ1) is 19.2. The number of aromatic nitrogens is 4. The summed E-state index contributed by atoms with van der Waals surface area (Å²) in [7, 11) is 0. The van der Waals surface area contributed by atoms with Crippen LogP contribution < -0.4 is 5.32 Å². The predicted octanol–water partition coefficient (Wildman–Crippen LogP) is 3.71. The number of rotatable bonds is 7. The van der Waals surface area contributed by atoms with Crippen molar-refractivity contribution >= 4 is 17.2 Å². The second-order valence-electron chi connectivity index (χ2n) is 6.87. The van der Waals surface area contributed by atoms with Crippen LogP contribution in [0.15, 0.2) is 35.2 Å². The van der Waals surface area contributed by atoms with Crippen LogP contribution in [0, 0.1) is 20.8 Å². The third-order valence-corrected chi connectivity index (χ3v) is 5.27. The molecule has 3 rings (SSSR count). The van der Waals surface area contributed by atoms with Crippen molar-refractivity contribution in [3.05, 3.63) is 63.6 Å². The van der Waals surface area contributed by atoms with Gasteiger partial charge in [-0.2, -0.15) is 16.4 Å². The number of hydrogen-bond donors (Lipinski definition) is 1. The second-order valence-corrected chi connectivity index (χ2v) is 7.65. The van der Waals surface area contributed by atoms with Gasteiger partial charge in [0.15, 0.2) is 0 Å².